The average molecular weight is 758 g/mol. The molecule has 0 rings (SSSR count). The van der Waals surface area contributed by atoms with Gasteiger partial charge in [-0.15, -0.1) is 0 Å². The summed E-state index contributed by atoms with van der Waals surface area (Å²) >= 11 is 0. The number of amides is 1. The molecule has 310 valence electrons. The van der Waals surface area contributed by atoms with Crippen molar-refractivity contribution in [3.63, 3.8) is 0 Å². The summed E-state index contributed by atoms with van der Waals surface area (Å²) in [6.07, 6.45) is 48.4. The van der Waals surface area contributed by atoms with Crippen LogP contribution in [0.4, 0.5) is 0 Å². The third kappa shape index (κ3) is 40.5. The number of unbranched alkanes of at least 4 members (excludes halogenated alkanes) is 33. The zero-order chi connectivity index (χ0) is 38.2. The molecule has 0 aromatic rings. The molecule has 0 aromatic carbocycles. The van der Waals surface area contributed by atoms with E-state index < -0.39 is 26.6 Å². The quantitative estimate of drug-likeness (QED) is 0.0280. The molecule has 0 fully saturated rings. The number of carbonyl (C=O) groups excluding carboxylic acids is 1. The molecule has 7 nitrogen and oxygen atoms in total. The molecule has 0 heterocycles. The Morgan fingerprint density at radius 1 is 0.538 bits per heavy atom. The normalized spacial score (nSPS) is 13.2. The maximum Gasteiger partial charge on any atom is 0.469 e. The Kier molecular flexibility index (Phi) is 39.4. The number of phosphoric acid groups is 1. The van der Waals surface area contributed by atoms with Gasteiger partial charge in [-0.05, 0) is 19.3 Å². The highest BCUT2D eigenvalue weighted by atomic mass is 31.2. The lowest BCUT2D eigenvalue weighted by Gasteiger charge is -2.22. The van der Waals surface area contributed by atoms with Crippen molar-refractivity contribution in [2.45, 2.75) is 257 Å². The van der Waals surface area contributed by atoms with Crippen molar-refractivity contribution in [2.75, 3.05) is 6.61 Å². The Labute approximate surface area is 322 Å². The lowest BCUT2D eigenvalue weighted by molar-refractivity contribution is -0.123. The summed E-state index contributed by atoms with van der Waals surface area (Å²) in [5.41, 5.74) is 0. The van der Waals surface area contributed by atoms with Crippen LogP contribution in [0.2, 0.25) is 0 Å². The Morgan fingerprint density at radius 3 is 1.17 bits per heavy atom. The molecule has 0 saturated carbocycles. The minimum absolute atomic E-state index is 0.224. The summed E-state index contributed by atoms with van der Waals surface area (Å²) in [6, 6.07) is -0.903. The van der Waals surface area contributed by atoms with Crippen LogP contribution in [-0.4, -0.2) is 39.6 Å². The fourth-order valence-electron chi connectivity index (χ4n) is 7.05. The van der Waals surface area contributed by atoms with Gasteiger partial charge in [0, 0.05) is 6.42 Å². The van der Waals surface area contributed by atoms with Crippen molar-refractivity contribution in [2.24, 2.45) is 0 Å². The van der Waals surface area contributed by atoms with Crippen LogP contribution in [0.1, 0.15) is 245 Å². The predicted molar refractivity (Wildman–Crippen MR) is 223 cm³/mol. The average Bonchev–Trinajstić information content (AvgIpc) is 3.11. The Bertz CT molecular complexity index is 819. The highest BCUT2D eigenvalue weighted by Crippen LogP contribution is 2.35. The van der Waals surface area contributed by atoms with Crippen molar-refractivity contribution in [1.29, 1.82) is 0 Å². The van der Waals surface area contributed by atoms with E-state index in [0.29, 0.717) is 6.42 Å². The summed E-state index contributed by atoms with van der Waals surface area (Å²) < 4.78 is 15.9. The molecule has 0 saturated heterocycles. The minimum Gasteiger partial charge on any atom is -0.387 e. The first-order valence-corrected chi connectivity index (χ1v) is 24.2. The third-order valence-electron chi connectivity index (χ3n) is 10.5. The topological polar surface area (TPSA) is 116 Å². The summed E-state index contributed by atoms with van der Waals surface area (Å²) in [5.74, 6) is -0.224. The second kappa shape index (κ2) is 40.0. The molecular weight excluding hydrogens is 669 g/mol. The van der Waals surface area contributed by atoms with Gasteiger partial charge in [-0.1, -0.05) is 231 Å². The molecule has 0 aliphatic carbocycles. The van der Waals surface area contributed by atoms with E-state index in [4.69, 9.17) is 9.79 Å². The second-order valence-corrected chi connectivity index (χ2v) is 17.0. The fraction of sp³-hybridized carbons (Fsp3) is 0.932. The summed E-state index contributed by atoms with van der Waals surface area (Å²) in [5, 5.41) is 13.3. The summed E-state index contributed by atoms with van der Waals surface area (Å²) in [6.45, 7) is 4.06. The Balaban J connectivity index is 3.68. The first-order chi connectivity index (χ1) is 25.3. The van der Waals surface area contributed by atoms with Gasteiger partial charge in [0.05, 0.1) is 18.8 Å². The lowest BCUT2D eigenvalue weighted by atomic mass is 10.0. The standard InChI is InChI=1S/C44H88NO6P/c1-3-5-7-9-11-13-14-15-16-17-18-19-20-21-22-23-24-25-26-27-28-29-30-32-34-36-38-40-44(47)45-42(41-51-52(48,49)50)43(46)39-37-35-33-31-12-10-8-6-4-2/h37,39,42-43,46H,3-36,38,40-41H2,1-2H3,(H,45,47)(H2,48,49,50)/b39-37+/t42-,43+/m0/s1. The van der Waals surface area contributed by atoms with Crippen LogP contribution in [-0.2, 0) is 13.9 Å². The number of rotatable bonds is 42. The van der Waals surface area contributed by atoms with E-state index in [-0.39, 0.29) is 5.91 Å². The lowest BCUT2D eigenvalue weighted by Crippen LogP contribution is -2.45. The number of carbonyl (C=O) groups is 1. The van der Waals surface area contributed by atoms with Gasteiger partial charge in [0.1, 0.15) is 0 Å². The zero-order valence-electron chi connectivity index (χ0n) is 34.5. The number of aliphatic hydroxyl groups is 1. The van der Waals surface area contributed by atoms with Crippen LogP contribution < -0.4 is 5.32 Å². The highest BCUT2D eigenvalue weighted by molar-refractivity contribution is 7.46. The molecule has 0 aliphatic heterocycles. The van der Waals surface area contributed by atoms with Gasteiger partial charge in [-0.3, -0.25) is 9.32 Å². The van der Waals surface area contributed by atoms with Crippen LogP contribution >= 0.6 is 7.82 Å². The van der Waals surface area contributed by atoms with E-state index >= 15 is 0 Å². The molecule has 0 aromatic heterocycles. The van der Waals surface area contributed by atoms with Crippen molar-refractivity contribution < 1.29 is 28.8 Å². The molecule has 0 spiro atoms. The van der Waals surface area contributed by atoms with Gasteiger partial charge < -0.3 is 20.2 Å². The van der Waals surface area contributed by atoms with Gasteiger partial charge >= 0.3 is 7.82 Å². The van der Waals surface area contributed by atoms with Crippen LogP contribution in [0, 0.1) is 0 Å². The van der Waals surface area contributed by atoms with Crippen LogP contribution in [0.5, 0.6) is 0 Å². The maximum absolute atomic E-state index is 12.6. The van der Waals surface area contributed by atoms with E-state index in [1.165, 1.54) is 186 Å². The zero-order valence-corrected chi connectivity index (χ0v) is 35.4. The maximum atomic E-state index is 12.6. The largest absolute Gasteiger partial charge is 0.469 e. The van der Waals surface area contributed by atoms with Crippen LogP contribution in [0.25, 0.3) is 0 Å². The monoisotopic (exact) mass is 758 g/mol. The minimum atomic E-state index is -4.70. The van der Waals surface area contributed by atoms with E-state index in [1.54, 1.807) is 6.08 Å². The summed E-state index contributed by atoms with van der Waals surface area (Å²) in [7, 11) is -4.70. The van der Waals surface area contributed by atoms with Gasteiger partial charge in [0.2, 0.25) is 5.91 Å². The molecule has 0 radical (unpaired) electrons. The van der Waals surface area contributed by atoms with Crippen LogP contribution in [0.3, 0.4) is 0 Å². The van der Waals surface area contributed by atoms with E-state index in [0.717, 1.165) is 38.5 Å². The van der Waals surface area contributed by atoms with Crippen molar-refractivity contribution in [3.8, 4) is 0 Å². The number of nitrogens with one attached hydrogen (secondary N) is 1. The smallest absolute Gasteiger partial charge is 0.387 e. The highest BCUT2D eigenvalue weighted by Gasteiger charge is 2.24. The molecule has 8 heteroatoms. The third-order valence-corrected chi connectivity index (χ3v) is 11.0. The SMILES string of the molecule is CCCCCCCCC/C=C/[C@@H](O)[C@H](COP(=O)(O)O)NC(=O)CCCCCCCCCCCCCCCCCCCCCCCCCCCCC. The molecule has 52 heavy (non-hydrogen) atoms. The predicted octanol–water partition coefficient (Wildman–Crippen LogP) is 13.6. The molecular formula is C44H88NO6P. The first-order valence-electron chi connectivity index (χ1n) is 22.6. The molecule has 0 bridgehead atoms. The van der Waals surface area contributed by atoms with E-state index in [1.807, 2.05) is 6.08 Å². The van der Waals surface area contributed by atoms with Gasteiger partial charge in [-0.2, -0.15) is 0 Å². The molecule has 0 aliphatic rings. The second-order valence-electron chi connectivity index (χ2n) is 15.7. The van der Waals surface area contributed by atoms with Crippen molar-refractivity contribution in [1.82, 2.24) is 5.32 Å². The van der Waals surface area contributed by atoms with Gasteiger partial charge in [-0.25, -0.2) is 4.57 Å². The van der Waals surface area contributed by atoms with Crippen molar-refractivity contribution in [3.05, 3.63) is 12.2 Å². The Hall–Kier alpha value is -0.720. The van der Waals surface area contributed by atoms with Crippen LogP contribution in [0.15, 0.2) is 12.2 Å². The molecule has 1 amide bonds. The molecule has 2 atom stereocenters. The molecule has 0 unspecified atom stereocenters. The van der Waals surface area contributed by atoms with E-state index in [2.05, 4.69) is 23.7 Å². The number of allylic oxidation sites excluding steroid dienone is 1. The van der Waals surface area contributed by atoms with Gasteiger partial charge in [0.25, 0.3) is 0 Å². The Morgan fingerprint density at radius 2 is 0.846 bits per heavy atom. The first kappa shape index (κ1) is 51.3. The summed E-state index contributed by atoms with van der Waals surface area (Å²) in [4.78, 5) is 30.8. The van der Waals surface area contributed by atoms with Gasteiger partial charge in [0.15, 0.2) is 0 Å². The molecule has 4 N–H and O–H groups in total. The van der Waals surface area contributed by atoms with Crippen molar-refractivity contribution >= 4 is 13.7 Å². The number of hydrogen-bond donors (Lipinski definition) is 4. The van der Waals surface area contributed by atoms with E-state index in [9.17, 15) is 14.5 Å². The number of hydrogen-bond acceptors (Lipinski definition) is 4. The fourth-order valence-corrected chi connectivity index (χ4v) is 7.40. The number of aliphatic hydroxyl groups excluding tert-OH is 1. The number of phosphoric ester groups is 1.